The van der Waals surface area contributed by atoms with Gasteiger partial charge in [0.05, 0.1) is 9.85 Å². The summed E-state index contributed by atoms with van der Waals surface area (Å²) in [7, 11) is 0. The molecule has 0 radical (unpaired) electrons. The van der Waals surface area contributed by atoms with Crippen LogP contribution >= 0.6 is 23.2 Å². The number of halogens is 2. The summed E-state index contributed by atoms with van der Waals surface area (Å²) in [6.07, 6.45) is 0. The van der Waals surface area contributed by atoms with E-state index in [0.717, 1.165) is 12.1 Å². The van der Waals surface area contributed by atoms with Gasteiger partial charge >= 0.3 is 0 Å². The van der Waals surface area contributed by atoms with Gasteiger partial charge in [0.25, 0.3) is 23.2 Å². The molecule has 4 aromatic rings. The van der Waals surface area contributed by atoms with E-state index >= 15 is 0 Å². The molecule has 2 amide bonds. The standard InChI is InChI=1S/C26H16Cl2N4O7/c27-21-13-15(1-11-23(21)31(35)36)25(33)29-17-3-7-19(8-4-17)39-20-9-5-18(6-10-20)30-26(34)16-2-12-24(32(37)38)22(28)14-16/h1-14H,(H,29,33)(H,30,34). The van der Waals surface area contributed by atoms with Crippen LogP contribution < -0.4 is 15.4 Å². The van der Waals surface area contributed by atoms with Gasteiger partial charge in [-0.15, -0.1) is 0 Å². The molecule has 0 aliphatic rings. The topological polar surface area (TPSA) is 154 Å². The van der Waals surface area contributed by atoms with Gasteiger partial charge < -0.3 is 15.4 Å². The van der Waals surface area contributed by atoms with Gasteiger partial charge in [0.2, 0.25) is 0 Å². The summed E-state index contributed by atoms with van der Waals surface area (Å²) in [6.45, 7) is 0. The molecule has 4 rings (SSSR count). The zero-order chi connectivity index (χ0) is 28.1. The van der Waals surface area contributed by atoms with Crippen molar-refractivity contribution in [1.82, 2.24) is 0 Å². The van der Waals surface area contributed by atoms with E-state index in [2.05, 4.69) is 10.6 Å². The number of carbonyl (C=O) groups excluding carboxylic acids is 2. The normalized spacial score (nSPS) is 10.4. The number of amides is 2. The third-order valence-electron chi connectivity index (χ3n) is 5.27. The molecule has 0 spiro atoms. The molecule has 0 saturated carbocycles. The molecule has 196 valence electrons. The molecule has 0 aliphatic heterocycles. The average molecular weight is 567 g/mol. The van der Waals surface area contributed by atoms with E-state index < -0.39 is 21.7 Å². The molecule has 0 bridgehead atoms. The molecule has 2 N–H and O–H groups in total. The van der Waals surface area contributed by atoms with Crippen molar-refractivity contribution in [2.24, 2.45) is 0 Å². The van der Waals surface area contributed by atoms with Crippen LogP contribution in [-0.2, 0) is 0 Å². The number of hydrogen-bond donors (Lipinski definition) is 2. The van der Waals surface area contributed by atoms with E-state index in [0.29, 0.717) is 22.9 Å². The van der Waals surface area contributed by atoms with Crippen molar-refractivity contribution in [3.05, 3.63) is 126 Å². The minimum atomic E-state index is -0.634. The smallest absolute Gasteiger partial charge is 0.287 e. The van der Waals surface area contributed by atoms with Crippen LogP contribution in [0, 0.1) is 20.2 Å². The number of nitrogens with one attached hydrogen (secondary N) is 2. The number of ether oxygens (including phenoxy) is 1. The van der Waals surface area contributed by atoms with Crippen molar-refractivity contribution in [1.29, 1.82) is 0 Å². The summed E-state index contributed by atoms with van der Waals surface area (Å²) >= 11 is 11.7. The lowest BCUT2D eigenvalue weighted by molar-refractivity contribution is -0.384. The van der Waals surface area contributed by atoms with Gasteiger partial charge in [0.15, 0.2) is 0 Å². The number of nitrogens with zero attached hydrogens (tertiary/aromatic N) is 2. The maximum atomic E-state index is 12.4. The summed E-state index contributed by atoms with van der Waals surface area (Å²) < 4.78 is 5.78. The Morgan fingerprint density at radius 1 is 0.615 bits per heavy atom. The molecule has 4 aromatic carbocycles. The summed E-state index contributed by atoms with van der Waals surface area (Å²) in [4.78, 5) is 45.4. The first-order valence-corrected chi connectivity index (χ1v) is 11.7. The highest BCUT2D eigenvalue weighted by atomic mass is 35.5. The fraction of sp³-hybridized carbons (Fsp3) is 0. The third kappa shape index (κ3) is 6.66. The zero-order valence-corrected chi connectivity index (χ0v) is 21.1. The number of benzene rings is 4. The van der Waals surface area contributed by atoms with Crippen LogP contribution in [0.5, 0.6) is 11.5 Å². The highest BCUT2D eigenvalue weighted by Gasteiger charge is 2.17. The summed E-state index contributed by atoms with van der Waals surface area (Å²) in [6, 6.07) is 20.4. The van der Waals surface area contributed by atoms with Crippen molar-refractivity contribution in [2.75, 3.05) is 10.6 Å². The Hall–Kier alpha value is -5.00. The number of nitro groups is 2. The number of anilines is 2. The molecule has 0 aromatic heterocycles. The van der Waals surface area contributed by atoms with Gasteiger partial charge in [-0.05, 0) is 72.8 Å². The lowest BCUT2D eigenvalue weighted by atomic mass is 10.2. The van der Waals surface area contributed by atoms with Crippen molar-refractivity contribution in [3.8, 4) is 11.5 Å². The molecular formula is C26H16Cl2N4O7. The average Bonchev–Trinajstić information content (AvgIpc) is 2.90. The van der Waals surface area contributed by atoms with Crippen molar-refractivity contribution >= 4 is 57.8 Å². The van der Waals surface area contributed by atoms with E-state index in [1.807, 2.05) is 0 Å². The second-order valence-electron chi connectivity index (χ2n) is 7.91. The minimum absolute atomic E-state index is 0.141. The van der Waals surface area contributed by atoms with Crippen LogP contribution in [0.2, 0.25) is 10.0 Å². The van der Waals surface area contributed by atoms with Gasteiger partial charge in [-0.2, -0.15) is 0 Å². The molecule has 0 atom stereocenters. The van der Waals surface area contributed by atoms with Gasteiger partial charge in [0.1, 0.15) is 21.5 Å². The van der Waals surface area contributed by atoms with E-state index in [1.54, 1.807) is 48.5 Å². The predicted molar refractivity (Wildman–Crippen MR) is 145 cm³/mol. The molecule has 0 aliphatic carbocycles. The van der Waals surface area contributed by atoms with Gasteiger partial charge in [-0.1, -0.05) is 23.2 Å². The third-order valence-corrected chi connectivity index (χ3v) is 5.88. The van der Waals surface area contributed by atoms with Crippen LogP contribution in [0.1, 0.15) is 20.7 Å². The predicted octanol–water partition coefficient (Wildman–Crippen LogP) is 7.11. The molecule has 11 nitrogen and oxygen atoms in total. The Bertz CT molecular complexity index is 1470. The Labute approximate surface area is 230 Å². The van der Waals surface area contributed by atoms with E-state index in [9.17, 15) is 29.8 Å². The second kappa shape index (κ2) is 11.6. The number of carbonyl (C=O) groups is 2. The molecule has 0 fully saturated rings. The Morgan fingerprint density at radius 2 is 0.974 bits per heavy atom. The lowest BCUT2D eigenvalue weighted by Gasteiger charge is -2.10. The fourth-order valence-corrected chi connectivity index (χ4v) is 3.85. The molecule has 39 heavy (non-hydrogen) atoms. The molecule has 13 heteroatoms. The van der Waals surface area contributed by atoms with E-state index in [-0.39, 0.29) is 32.5 Å². The van der Waals surface area contributed by atoms with Crippen LogP contribution in [0.25, 0.3) is 0 Å². The first-order chi connectivity index (χ1) is 18.6. The summed E-state index contributed by atoms with van der Waals surface area (Å²) in [5.41, 5.74) is 0.668. The van der Waals surface area contributed by atoms with Crippen LogP contribution in [-0.4, -0.2) is 21.7 Å². The quantitative estimate of drug-likeness (QED) is 0.170. The van der Waals surface area contributed by atoms with Gasteiger partial charge in [0, 0.05) is 34.6 Å². The monoisotopic (exact) mass is 566 g/mol. The SMILES string of the molecule is O=C(Nc1ccc(Oc2ccc(NC(=O)c3ccc([N+](=O)[O-])c(Cl)c3)cc2)cc1)c1ccc([N+](=O)[O-])c(Cl)c1. The highest BCUT2D eigenvalue weighted by Crippen LogP contribution is 2.28. The fourth-order valence-electron chi connectivity index (χ4n) is 3.35. The minimum Gasteiger partial charge on any atom is -0.457 e. The van der Waals surface area contributed by atoms with E-state index in [4.69, 9.17) is 27.9 Å². The Kier molecular flexibility index (Phi) is 8.04. The van der Waals surface area contributed by atoms with E-state index in [1.165, 1.54) is 24.3 Å². The van der Waals surface area contributed by atoms with Crippen LogP contribution in [0.4, 0.5) is 22.7 Å². The largest absolute Gasteiger partial charge is 0.457 e. The molecular weight excluding hydrogens is 551 g/mol. The number of hydrogen-bond acceptors (Lipinski definition) is 7. The first kappa shape index (κ1) is 27.0. The lowest BCUT2D eigenvalue weighted by Crippen LogP contribution is -2.12. The van der Waals surface area contributed by atoms with Crippen molar-refractivity contribution in [3.63, 3.8) is 0 Å². The van der Waals surface area contributed by atoms with Crippen molar-refractivity contribution in [2.45, 2.75) is 0 Å². The zero-order valence-electron chi connectivity index (χ0n) is 19.6. The number of nitro benzene ring substituents is 2. The van der Waals surface area contributed by atoms with Gasteiger partial charge in [-0.25, -0.2) is 0 Å². The van der Waals surface area contributed by atoms with Gasteiger partial charge in [-0.3, -0.25) is 29.8 Å². The first-order valence-electron chi connectivity index (χ1n) is 11.0. The summed E-state index contributed by atoms with van der Waals surface area (Å²) in [5.74, 6) is -0.0319. The second-order valence-corrected chi connectivity index (χ2v) is 8.72. The maximum Gasteiger partial charge on any atom is 0.287 e. The molecule has 0 saturated heterocycles. The van der Waals surface area contributed by atoms with Crippen molar-refractivity contribution < 1.29 is 24.2 Å². The summed E-state index contributed by atoms with van der Waals surface area (Å²) in [5, 5.41) is 26.8. The molecule has 0 unspecified atom stereocenters. The highest BCUT2D eigenvalue weighted by molar-refractivity contribution is 6.33. The molecule has 0 heterocycles. The number of rotatable bonds is 8. The van der Waals surface area contributed by atoms with Crippen LogP contribution in [0.3, 0.4) is 0 Å². The maximum absolute atomic E-state index is 12.4. The Balaban J connectivity index is 1.34. The Morgan fingerprint density at radius 3 is 1.28 bits per heavy atom. The van der Waals surface area contributed by atoms with Crippen LogP contribution in [0.15, 0.2) is 84.9 Å².